The highest BCUT2D eigenvalue weighted by Gasteiger charge is 2.20. The van der Waals surface area contributed by atoms with E-state index in [-0.39, 0.29) is 5.82 Å². The predicted octanol–water partition coefficient (Wildman–Crippen LogP) is 3.69. The summed E-state index contributed by atoms with van der Waals surface area (Å²) in [6.45, 7) is 8.24. The van der Waals surface area contributed by atoms with E-state index in [1.165, 1.54) is 18.9 Å². The number of hydrogen-bond donors (Lipinski definition) is 1. The fourth-order valence-corrected chi connectivity index (χ4v) is 2.80. The molecule has 0 aliphatic carbocycles. The zero-order valence-corrected chi connectivity index (χ0v) is 13.1. The molecule has 1 fully saturated rings. The SMILES string of the molecule is CC(C)NCC1CCN(Cc2ccc(Cl)cc2F)CC1. The topological polar surface area (TPSA) is 15.3 Å². The van der Waals surface area contributed by atoms with E-state index in [0.29, 0.717) is 17.6 Å². The summed E-state index contributed by atoms with van der Waals surface area (Å²) < 4.78 is 13.8. The van der Waals surface area contributed by atoms with Gasteiger partial charge >= 0.3 is 0 Å². The molecule has 0 spiro atoms. The number of nitrogens with one attached hydrogen (secondary N) is 1. The summed E-state index contributed by atoms with van der Waals surface area (Å²) in [5, 5.41) is 3.96. The summed E-state index contributed by atoms with van der Waals surface area (Å²) >= 11 is 5.78. The molecular weight excluding hydrogens is 275 g/mol. The highest BCUT2D eigenvalue weighted by molar-refractivity contribution is 6.30. The largest absolute Gasteiger partial charge is 0.314 e. The van der Waals surface area contributed by atoms with Crippen LogP contribution >= 0.6 is 11.6 Å². The molecule has 0 atom stereocenters. The van der Waals surface area contributed by atoms with Gasteiger partial charge in [0.25, 0.3) is 0 Å². The normalized spacial score (nSPS) is 17.9. The lowest BCUT2D eigenvalue weighted by atomic mass is 9.96. The molecule has 1 heterocycles. The quantitative estimate of drug-likeness (QED) is 0.892. The Morgan fingerprint density at radius 1 is 1.35 bits per heavy atom. The van der Waals surface area contributed by atoms with E-state index in [1.807, 2.05) is 0 Å². The molecule has 2 rings (SSSR count). The van der Waals surface area contributed by atoms with Gasteiger partial charge in [0, 0.05) is 23.2 Å². The van der Waals surface area contributed by atoms with Gasteiger partial charge in [-0.05, 0) is 50.5 Å². The molecule has 112 valence electrons. The van der Waals surface area contributed by atoms with Gasteiger partial charge in [0.1, 0.15) is 5.82 Å². The highest BCUT2D eigenvalue weighted by atomic mass is 35.5. The second-order valence-electron chi connectivity index (χ2n) is 6.02. The Bertz CT molecular complexity index is 428. The van der Waals surface area contributed by atoms with Crippen LogP contribution in [0.4, 0.5) is 4.39 Å². The van der Waals surface area contributed by atoms with Crippen molar-refractivity contribution in [2.45, 2.75) is 39.3 Å². The number of piperidine rings is 1. The minimum Gasteiger partial charge on any atom is -0.314 e. The van der Waals surface area contributed by atoms with Gasteiger partial charge in [0.05, 0.1) is 0 Å². The molecule has 1 aliphatic heterocycles. The van der Waals surface area contributed by atoms with Crippen molar-refractivity contribution in [1.82, 2.24) is 10.2 Å². The zero-order valence-electron chi connectivity index (χ0n) is 12.3. The number of likely N-dealkylation sites (tertiary alicyclic amines) is 1. The van der Waals surface area contributed by atoms with Crippen molar-refractivity contribution in [3.63, 3.8) is 0 Å². The Hall–Kier alpha value is -0.640. The Morgan fingerprint density at radius 2 is 2.05 bits per heavy atom. The maximum atomic E-state index is 13.8. The first-order chi connectivity index (χ1) is 9.54. The average Bonchev–Trinajstić information content (AvgIpc) is 2.41. The third-order valence-corrected chi connectivity index (χ3v) is 4.17. The summed E-state index contributed by atoms with van der Waals surface area (Å²) in [5.41, 5.74) is 0.744. The first-order valence-corrected chi connectivity index (χ1v) is 7.82. The van der Waals surface area contributed by atoms with Gasteiger partial charge in [0.2, 0.25) is 0 Å². The van der Waals surface area contributed by atoms with Crippen LogP contribution in [0.25, 0.3) is 0 Å². The third kappa shape index (κ3) is 4.72. The lowest BCUT2D eigenvalue weighted by Gasteiger charge is -2.32. The van der Waals surface area contributed by atoms with E-state index < -0.39 is 0 Å². The molecule has 0 bridgehead atoms. The van der Waals surface area contributed by atoms with E-state index in [1.54, 1.807) is 12.1 Å². The molecule has 0 amide bonds. The van der Waals surface area contributed by atoms with Gasteiger partial charge in [-0.1, -0.05) is 31.5 Å². The Morgan fingerprint density at radius 3 is 2.65 bits per heavy atom. The fraction of sp³-hybridized carbons (Fsp3) is 0.625. The first-order valence-electron chi connectivity index (χ1n) is 7.44. The maximum Gasteiger partial charge on any atom is 0.129 e. The third-order valence-electron chi connectivity index (χ3n) is 3.93. The molecule has 0 unspecified atom stereocenters. The summed E-state index contributed by atoms with van der Waals surface area (Å²) in [6, 6.07) is 5.51. The van der Waals surface area contributed by atoms with Gasteiger partial charge in [-0.2, -0.15) is 0 Å². The average molecular weight is 299 g/mol. The second-order valence-corrected chi connectivity index (χ2v) is 6.45. The molecule has 0 aromatic heterocycles. The van der Waals surface area contributed by atoms with Crippen molar-refractivity contribution in [2.75, 3.05) is 19.6 Å². The van der Waals surface area contributed by atoms with E-state index in [4.69, 9.17) is 11.6 Å². The summed E-state index contributed by atoms with van der Waals surface area (Å²) in [4.78, 5) is 2.33. The maximum absolute atomic E-state index is 13.8. The van der Waals surface area contributed by atoms with Crippen molar-refractivity contribution >= 4 is 11.6 Å². The zero-order chi connectivity index (χ0) is 14.5. The summed E-state index contributed by atoms with van der Waals surface area (Å²) in [6.07, 6.45) is 2.38. The molecule has 1 N–H and O–H groups in total. The highest BCUT2D eigenvalue weighted by Crippen LogP contribution is 2.21. The smallest absolute Gasteiger partial charge is 0.129 e. The van der Waals surface area contributed by atoms with Gasteiger partial charge in [-0.3, -0.25) is 4.90 Å². The van der Waals surface area contributed by atoms with Crippen molar-refractivity contribution in [3.05, 3.63) is 34.6 Å². The van der Waals surface area contributed by atoms with Crippen LogP contribution in [0.15, 0.2) is 18.2 Å². The van der Waals surface area contributed by atoms with Crippen LogP contribution in [0.3, 0.4) is 0 Å². The van der Waals surface area contributed by atoms with Crippen molar-refractivity contribution in [1.29, 1.82) is 0 Å². The lowest BCUT2D eigenvalue weighted by molar-refractivity contribution is 0.172. The van der Waals surface area contributed by atoms with Crippen molar-refractivity contribution in [2.24, 2.45) is 5.92 Å². The van der Waals surface area contributed by atoms with Crippen LogP contribution in [0.1, 0.15) is 32.3 Å². The Labute approximate surface area is 126 Å². The van der Waals surface area contributed by atoms with Gasteiger partial charge < -0.3 is 5.32 Å². The summed E-state index contributed by atoms with van der Waals surface area (Å²) in [5.74, 6) is 0.560. The van der Waals surface area contributed by atoms with Gasteiger partial charge in [-0.15, -0.1) is 0 Å². The molecule has 20 heavy (non-hydrogen) atoms. The molecule has 2 nitrogen and oxygen atoms in total. The van der Waals surface area contributed by atoms with E-state index >= 15 is 0 Å². The van der Waals surface area contributed by atoms with Crippen LogP contribution in [0.5, 0.6) is 0 Å². The molecule has 1 aliphatic rings. The van der Waals surface area contributed by atoms with Crippen molar-refractivity contribution in [3.8, 4) is 0 Å². The van der Waals surface area contributed by atoms with Crippen LogP contribution < -0.4 is 5.32 Å². The molecular formula is C16H24ClFN2. The van der Waals surface area contributed by atoms with Crippen LogP contribution in [0, 0.1) is 11.7 Å². The second kappa shape index (κ2) is 7.39. The number of hydrogen-bond acceptors (Lipinski definition) is 2. The number of halogens is 2. The van der Waals surface area contributed by atoms with E-state index in [2.05, 4.69) is 24.1 Å². The van der Waals surface area contributed by atoms with Crippen LogP contribution in [-0.2, 0) is 6.54 Å². The van der Waals surface area contributed by atoms with Gasteiger partial charge in [-0.25, -0.2) is 4.39 Å². The van der Waals surface area contributed by atoms with Gasteiger partial charge in [0.15, 0.2) is 0 Å². The molecule has 4 heteroatoms. The Balaban J connectivity index is 1.79. The van der Waals surface area contributed by atoms with E-state index in [9.17, 15) is 4.39 Å². The number of rotatable bonds is 5. The standard InChI is InChI=1S/C16H24ClFN2/c1-12(2)19-10-13-5-7-20(8-6-13)11-14-3-4-15(17)9-16(14)18/h3-4,9,12-13,19H,5-8,10-11H2,1-2H3. The first kappa shape index (κ1) is 15.7. The van der Waals surface area contributed by atoms with E-state index in [0.717, 1.165) is 31.1 Å². The number of benzene rings is 1. The Kier molecular flexibility index (Phi) is 5.82. The molecule has 1 saturated heterocycles. The minimum absolute atomic E-state index is 0.193. The minimum atomic E-state index is -0.193. The summed E-state index contributed by atoms with van der Waals surface area (Å²) in [7, 11) is 0. The number of nitrogens with zero attached hydrogens (tertiary/aromatic N) is 1. The molecule has 0 saturated carbocycles. The van der Waals surface area contributed by atoms with Crippen LogP contribution in [-0.4, -0.2) is 30.6 Å². The van der Waals surface area contributed by atoms with Crippen LogP contribution in [0.2, 0.25) is 5.02 Å². The molecule has 0 radical (unpaired) electrons. The lowest BCUT2D eigenvalue weighted by Crippen LogP contribution is -2.38. The predicted molar refractivity (Wildman–Crippen MR) is 82.5 cm³/mol. The molecule has 1 aromatic carbocycles. The molecule has 1 aromatic rings. The fourth-order valence-electron chi connectivity index (χ4n) is 2.64. The monoisotopic (exact) mass is 298 g/mol. The van der Waals surface area contributed by atoms with Crippen molar-refractivity contribution < 1.29 is 4.39 Å².